The molecule has 0 aliphatic heterocycles. The van der Waals surface area contributed by atoms with E-state index in [2.05, 4.69) is 104 Å². The highest BCUT2D eigenvalue weighted by Gasteiger charge is 2.15. The molecule has 4 heteroatoms. The molecule has 0 aliphatic carbocycles. The SMILES string of the molecule is CCc1c(I)c(I)c(CC)c(I)c1I. The monoisotopic (exact) mass is 638 g/mol. The van der Waals surface area contributed by atoms with Crippen molar-refractivity contribution in [1.82, 2.24) is 0 Å². The Morgan fingerprint density at radius 3 is 1.00 bits per heavy atom. The number of hydrogen-bond donors (Lipinski definition) is 0. The van der Waals surface area contributed by atoms with Gasteiger partial charge in [-0.15, -0.1) is 0 Å². The van der Waals surface area contributed by atoms with Gasteiger partial charge in [-0.3, -0.25) is 0 Å². The largest absolute Gasteiger partial charge is 0.0612 e. The van der Waals surface area contributed by atoms with E-state index in [0.717, 1.165) is 12.8 Å². The Morgan fingerprint density at radius 1 is 0.643 bits per heavy atom. The number of hydrogen-bond acceptors (Lipinski definition) is 0. The summed E-state index contributed by atoms with van der Waals surface area (Å²) in [5.41, 5.74) is 3.02. The summed E-state index contributed by atoms with van der Waals surface area (Å²) in [6.07, 6.45) is 2.26. The van der Waals surface area contributed by atoms with Gasteiger partial charge >= 0.3 is 0 Å². The first-order chi connectivity index (χ1) is 6.54. The van der Waals surface area contributed by atoms with Gasteiger partial charge in [-0.05, 0) is 114 Å². The minimum atomic E-state index is 1.13. The third kappa shape index (κ3) is 2.69. The molecule has 0 saturated heterocycles. The molecule has 0 aliphatic rings. The Bertz CT molecular complexity index is 294. The molecule has 0 nitrogen and oxygen atoms in total. The van der Waals surface area contributed by atoms with E-state index in [1.54, 1.807) is 0 Å². The van der Waals surface area contributed by atoms with Crippen LogP contribution in [0, 0.1) is 14.3 Å². The van der Waals surface area contributed by atoms with Gasteiger partial charge in [-0.25, -0.2) is 0 Å². The van der Waals surface area contributed by atoms with Gasteiger partial charge in [0.25, 0.3) is 0 Å². The minimum absolute atomic E-state index is 1.13. The normalized spacial score (nSPS) is 10.7. The first kappa shape index (κ1) is 14.2. The number of benzene rings is 1. The van der Waals surface area contributed by atoms with Gasteiger partial charge < -0.3 is 0 Å². The van der Waals surface area contributed by atoms with E-state index in [9.17, 15) is 0 Å². The second kappa shape index (κ2) is 6.18. The molecule has 1 rings (SSSR count). The van der Waals surface area contributed by atoms with E-state index in [4.69, 9.17) is 0 Å². The van der Waals surface area contributed by atoms with Crippen LogP contribution in [-0.2, 0) is 12.8 Å². The second-order valence-corrected chi connectivity index (χ2v) is 7.24. The van der Waals surface area contributed by atoms with Gasteiger partial charge in [0.2, 0.25) is 0 Å². The fraction of sp³-hybridized carbons (Fsp3) is 0.400. The summed E-state index contributed by atoms with van der Waals surface area (Å²) in [4.78, 5) is 0. The lowest BCUT2D eigenvalue weighted by Gasteiger charge is -2.14. The molecular weight excluding hydrogens is 628 g/mol. The van der Waals surface area contributed by atoms with Gasteiger partial charge in [0.15, 0.2) is 0 Å². The molecule has 0 spiro atoms. The van der Waals surface area contributed by atoms with Gasteiger partial charge in [0.1, 0.15) is 0 Å². The Kier molecular flexibility index (Phi) is 6.26. The molecule has 0 radical (unpaired) electrons. The van der Waals surface area contributed by atoms with Crippen LogP contribution in [0.3, 0.4) is 0 Å². The summed E-state index contributed by atoms with van der Waals surface area (Å²) in [7, 11) is 0. The maximum Gasteiger partial charge on any atom is 0.0309 e. The Hall–Kier alpha value is 2.14. The average molecular weight is 638 g/mol. The smallest absolute Gasteiger partial charge is 0.0309 e. The topological polar surface area (TPSA) is 0 Å². The predicted molar refractivity (Wildman–Crippen MR) is 96.1 cm³/mol. The van der Waals surface area contributed by atoms with Crippen molar-refractivity contribution in [2.45, 2.75) is 26.7 Å². The molecule has 0 heterocycles. The molecule has 1 aromatic carbocycles. The van der Waals surface area contributed by atoms with Crippen molar-refractivity contribution in [3.8, 4) is 0 Å². The Morgan fingerprint density at radius 2 is 0.857 bits per heavy atom. The summed E-state index contributed by atoms with van der Waals surface area (Å²) >= 11 is 9.92. The van der Waals surface area contributed by atoms with Gasteiger partial charge in [-0.1, -0.05) is 13.8 Å². The molecule has 0 atom stereocenters. The first-order valence-electron chi connectivity index (χ1n) is 4.38. The molecule has 0 aromatic heterocycles. The minimum Gasteiger partial charge on any atom is -0.0612 e. The molecule has 1 aromatic rings. The van der Waals surface area contributed by atoms with Crippen LogP contribution < -0.4 is 0 Å². The zero-order valence-corrected chi connectivity index (χ0v) is 16.6. The molecule has 0 N–H and O–H groups in total. The summed E-state index contributed by atoms with van der Waals surface area (Å²) < 4.78 is 5.81. The van der Waals surface area contributed by atoms with Crippen molar-refractivity contribution in [1.29, 1.82) is 0 Å². The van der Waals surface area contributed by atoms with Crippen molar-refractivity contribution in [2.24, 2.45) is 0 Å². The van der Waals surface area contributed by atoms with Crippen LogP contribution in [0.15, 0.2) is 0 Å². The third-order valence-corrected chi connectivity index (χ3v) is 8.98. The lowest BCUT2D eigenvalue weighted by atomic mass is 10.1. The molecule has 0 saturated carbocycles. The zero-order chi connectivity index (χ0) is 10.9. The van der Waals surface area contributed by atoms with Crippen LogP contribution in [0.2, 0.25) is 0 Å². The van der Waals surface area contributed by atoms with E-state index < -0.39 is 0 Å². The first-order valence-corrected chi connectivity index (χ1v) is 8.69. The van der Waals surface area contributed by atoms with Crippen LogP contribution in [0.1, 0.15) is 25.0 Å². The van der Waals surface area contributed by atoms with Crippen LogP contribution in [0.5, 0.6) is 0 Å². The molecule has 0 amide bonds. The maximum atomic E-state index is 2.48. The number of rotatable bonds is 2. The zero-order valence-electron chi connectivity index (χ0n) is 7.93. The van der Waals surface area contributed by atoms with Crippen molar-refractivity contribution in [3.05, 3.63) is 25.4 Å². The average Bonchev–Trinajstić information content (AvgIpc) is 2.17. The van der Waals surface area contributed by atoms with Crippen molar-refractivity contribution >= 4 is 90.4 Å². The molecule has 0 fully saturated rings. The van der Waals surface area contributed by atoms with Gasteiger partial charge in [0, 0.05) is 14.3 Å². The lowest BCUT2D eigenvalue weighted by Crippen LogP contribution is -2.04. The summed E-state index contributed by atoms with van der Waals surface area (Å²) in [5, 5.41) is 0. The molecule has 78 valence electrons. The maximum absolute atomic E-state index is 2.48. The van der Waals surface area contributed by atoms with E-state index >= 15 is 0 Å². The standard InChI is InChI=1S/C10H10I4/c1-3-5-7(11)9(13)6(4-2)10(14)8(5)12/h3-4H2,1-2H3. The Labute approximate surface area is 140 Å². The van der Waals surface area contributed by atoms with Crippen LogP contribution >= 0.6 is 90.4 Å². The van der Waals surface area contributed by atoms with Gasteiger partial charge in [0.05, 0.1) is 0 Å². The molecular formula is C10H10I4. The van der Waals surface area contributed by atoms with Crippen molar-refractivity contribution < 1.29 is 0 Å². The van der Waals surface area contributed by atoms with Crippen molar-refractivity contribution in [3.63, 3.8) is 0 Å². The highest BCUT2D eigenvalue weighted by Crippen LogP contribution is 2.33. The lowest BCUT2D eigenvalue weighted by molar-refractivity contribution is 1.05. The van der Waals surface area contributed by atoms with Crippen LogP contribution in [0.4, 0.5) is 0 Å². The molecule has 14 heavy (non-hydrogen) atoms. The quantitative estimate of drug-likeness (QED) is 0.308. The number of halogens is 4. The second-order valence-electron chi connectivity index (χ2n) is 2.92. The van der Waals surface area contributed by atoms with E-state index in [0.29, 0.717) is 0 Å². The summed E-state index contributed by atoms with van der Waals surface area (Å²) in [5.74, 6) is 0. The fourth-order valence-electron chi connectivity index (χ4n) is 1.34. The van der Waals surface area contributed by atoms with E-state index in [1.165, 1.54) is 25.4 Å². The highest BCUT2D eigenvalue weighted by molar-refractivity contribution is 14.1. The van der Waals surface area contributed by atoms with Crippen molar-refractivity contribution in [2.75, 3.05) is 0 Å². The third-order valence-electron chi connectivity index (χ3n) is 2.15. The van der Waals surface area contributed by atoms with E-state index in [-0.39, 0.29) is 0 Å². The predicted octanol–water partition coefficient (Wildman–Crippen LogP) is 5.23. The van der Waals surface area contributed by atoms with Crippen LogP contribution in [0.25, 0.3) is 0 Å². The Balaban J connectivity index is 3.55. The molecule has 0 unspecified atom stereocenters. The van der Waals surface area contributed by atoms with Crippen LogP contribution in [-0.4, -0.2) is 0 Å². The summed E-state index contributed by atoms with van der Waals surface area (Å²) in [6.45, 7) is 4.47. The molecule has 0 bridgehead atoms. The summed E-state index contributed by atoms with van der Waals surface area (Å²) in [6, 6.07) is 0. The fourth-order valence-corrected chi connectivity index (χ4v) is 6.28. The highest BCUT2D eigenvalue weighted by atomic mass is 127. The van der Waals surface area contributed by atoms with E-state index in [1.807, 2.05) is 0 Å². The van der Waals surface area contributed by atoms with Gasteiger partial charge in [-0.2, -0.15) is 0 Å².